The second-order valence-corrected chi connectivity index (χ2v) is 4.28. The van der Waals surface area contributed by atoms with Crippen LogP contribution in [0, 0.1) is 5.21 Å². The lowest BCUT2D eigenvalue weighted by molar-refractivity contribution is -0.354. The number of hydrogen-bond donors (Lipinski definition) is 0. The molecule has 0 aromatic heterocycles. The Morgan fingerprint density at radius 3 is 2.11 bits per heavy atom. The van der Waals surface area contributed by atoms with Crippen molar-refractivity contribution in [1.82, 2.24) is 0 Å². The van der Waals surface area contributed by atoms with E-state index in [0.29, 0.717) is 5.69 Å². The third kappa shape index (κ3) is 2.88. The Hall–Kier alpha value is -2.29. The highest BCUT2D eigenvalue weighted by Crippen LogP contribution is 2.13. The first-order chi connectivity index (χ1) is 8.66. The molecule has 0 unspecified atom stereocenters. The van der Waals surface area contributed by atoms with Crippen LogP contribution in [0.2, 0.25) is 0 Å². The fourth-order valence-electron chi connectivity index (χ4n) is 1.64. The second-order valence-electron chi connectivity index (χ2n) is 4.28. The number of nitrogens with zero attached hydrogens (tertiary/aromatic N) is 2. The molecule has 0 atom stereocenters. The summed E-state index contributed by atoms with van der Waals surface area (Å²) in [4.78, 5) is 2.02. The lowest BCUT2D eigenvalue weighted by Gasteiger charge is -2.11. The van der Waals surface area contributed by atoms with Crippen LogP contribution in [-0.2, 0) is 0 Å². The van der Waals surface area contributed by atoms with Gasteiger partial charge in [-0.3, -0.25) is 0 Å². The van der Waals surface area contributed by atoms with Crippen LogP contribution in [0.1, 0.15) is 5.56 Å². The van der Waals surface area contributed by atoms with Crippen LogP contribution in [0.25, 0.3) is 0 Å². The first-order valence-corrected chi connectivity index (χ1v) is 5.80. The van der Waals surface area contributed by atoms with Crippen molar-refractivity contribution in [3.05, 3.63) is 65.4 Å². The van der Waals surface area contributed by atoms with Crippen LogP contribution in [0.4, 0.5) is 11.4 Å². The Bertz CT molecular complexity index is 530. The van der Waals surface area contributed by atoms with Gasteiger partial charge < -0.3 is 10.1 Å². The smallest absolute Gasteiger partial charge is 0.216 e. The zero-order valence-corrected chi connectivity index (χ0v) is 10.6. The lowest BCUT2D eigenvalue weighted by Crippen LogP contribution is -2.08. The molecule has 2 aromatic carbocycles. The van der Waals surface area contributed by atoms with Gasteiger partial charge in [0.2, 0.25) is 5.69 Å². The van der Waals surface area contributed by atoms with Crippen LogP contribution in [0.3, 0.4) is 0 Å². The fraction of sp³-hybridized carbons (Fsp3) is 0.133. The summed E-state index contributed by atoms with van der Waals surface area (Å²) in [5, 5.41) is 11.9. The van der Waals surface area contributed by atoms with Crippen molar-refractivity contribution in [2.75, 3.05) is 19.0 Å². The summed E-state index contributed by atoms with van der Waals surface area (Å²) in [5.74, 6) is 0. The molecule has 92 valence electrons. The summed E-state index contributed by atoms with van der Waals surface area (Å²) in [6, 6.07) is 17.0. The molecule has 2 rings (SSSR count). The predicted molar refractivity (Wildman–Crippen MR) is 75.7 cm³/mol. The minimum atomic E-state index is 0.634. The van der Waals surface area contributed by atoms with E-state index in [1.807, 2.05) is 61.5 Å². The van der Waals surface area contributed by atoms with Crippen molar-refractivity contribution in [3.8, 4) is 0 Å². The van der Waals surface area contributed by atoms with Gasteiger partial charge in [0.05, 0.1) is 0 Å². The first kappa shape index (κ1) is 12.2. The van der Waals surface area contributed by atoms with Gasteiger partial charge in [0.25, 0.3) is 0 Å². The molecule has 18 heavy (non-hydrogen) atoms. The molecular formula is C15H16N2O. The molecule has 0 heterocycles. The zero-order chi connectivity index (χ0) is 13.0. The Labute approximate surface area is 107 Å². The van der Waals surface area contributed by atoms with Gasteiger partial charge in [-0.2, -0.15) is 4.74 Å². The first-order valence-electron chi connectivity index (χ1n) is 5.80. The highest BCUT2D eigenvalue weighted by Gasteiger charge is 2.01. The minimum Gasteiger partial charge on any atom is -0.618 e. The van der Waals surface area contributed by atoms with Gasteiger partial charge >= 0.3 is 0 Å². The number of hydrogen-bond acceptors (Lipinski definition) is 2. The van der Waals surface area contributed by atoms with E-state index in [0.717, 1.165) is 16.0 Å². The molecule has 0 radical (unpaired) electrons. The average Bonchev–Trinajstić information content (AvgIpc) is 2.40. The van der Waals surface area contributed by atoms with Gasteiger partial charge in [-0.15, -0.1) is 0 Å². The van der Waals surface area contributed by atoms with Gasteiger partial charge in [-0.05, 0) is 24.3 Å². The molecule has 0 spiro atoms. The standard InChI is InChI=1S/C15H16N2O/c1-16(2)14-10-8-13(9-11-14)12-17(18)15-6-4-3-5-7-15/h3-12H,1-2H3/b17-12+. The molecule has 0 amide bonds. The highest BCUT2D eigenvalue weighted by molar-refractivity contribution is 5.77. The summed E-state index contributed by atoms with van der Waals surface area (Å²) < 4.78 is 0.880. The lowest BCUT2D eigenvalue weighted by atomic mass is 10.2. The van der Waals surface area contributed by atoms with Crippen LogP contribution in [0.5, 0.6) is 0 Å². The third-order valence-electron chi connectivity index (χ3n) is 2.69. The normalized spacial score (nSPS) is 11.3. The minimum absolute atomic E-state index is 0.634. The fourth-order valence-corrected chi connectivity index (χ4v) is 1.64. The SMILES string of the molecule is CN(C)c1ccc(/C=[N+](/[O-])c2ccccc2)cc1. The molecule has 0 saturated carbocycles. The molecule has 3 heteroatoms. The molecule has 0 bridgehead atoms. The Balaban J connectivity index is 2.23. The maximum Gasteiger partial charge on any atom is 0.216 e. The van der Waals surface area contributed by atoms with E-state index < -0.39 is 0 Å². The molecule has 0 aliphatic rings. The maximum absolute atomic E-state index is 11.9. The zero-order valence-electron chi connectivity index (χ0n) is 10.6. The van der Waals surface area contributed by atoms with Crippen LogP contribution >= 0.6 is 0 Å². The second kappa shape index (κ2) is 5.36. The van der Waals surface area contributed by atoms with Crippen molar-refractivity contribution in [1.29, 1.82) is 0 Å². The van der Waals surface area contributed by atoms with Crippen molar-refractivity contribution in [2.24, 2.45) is 0 Å². The number of anilines is 1. The monoisotopic (exact) mass is 240 g/mol. The summed E-state index contributed by atoms with van der Waals surface area (Å²) in [5.41, 5.74) is 2.64. The Kier molecular flexibility index (Phi) is 3.63. The third-order valence-corrected chi connectivity index (χ3v) is 2.69. The van der Waals surface area contributed by atoms with Crippen molar-refractivity contribution in [2.45, 2.75) is 0 Å². The molecule has 0 fully saturated rings. The molecule has 2 aromatic rings. The van der Waals surface area contributed by atoms with Crippen molar-refractivity contribution < 1.29 is 4.74 Å². The molecular weight excluding hydrogens is 224 g/mol. The molecule has 0 aliphatic carbocycles. The van der Waals surface area contributed by atoms with E-state index in [9.17, 15) is 5.21 Å². The van der Waals surface area contributed by atoms with Crippen molar-refractivity contribution >= 4 is 17.6 Å². The van der Waals surface area contributed by atoms with Crippen molar-refractivity contribution in [3.63, 3.8) is 0 Å². The molecule has 0 N–H and O–H groups in total. The van der Waals surface area contributed by atoms with Crippen LogP contribution in [0.15, 0.2) is 54.6 Å². The summed E-state index contributed by atoms with van der Waals surface area (Å²) in [6.07, 6.45) is 1.58. The topological polar surface area (TPSA) is 29.3 Å². The van der Waals surface area contributed by atoms with E-state index in [2.05, 4.69) is 0 Å². The maximum atomic E-state index is 11.9. The van der Waals surface area contributed by atoms with E-state index in [1.165, 1.54) is 0 Å². The van der Waals surface area contributed by atoms with Crippen LogP contribution in [-0.4, -0.2) is 25.0 Å². The van der Waals surface area contributed by atoms with Crippen LogP contribution < -0.4 is 4.90 Å². The Morgan fingerprint density at radius 2 is 1.56 bits per heavy atom. The highest BCUT2D eigenvalue weighted by atomic mass is 16.5. The summed E-state index contributed by atoms with van der Waals surface area (Å²) >= 11 is 0. The van der Waals surface area contributed by atoms with E-state index >= 15 is 0 Å². The molecule has 0 saturated heterocycles. The number of benzene rings is 2. The summed E-state index contributed by atoms with van der Waals surface area (Å²) in [6.45, 7) is 0. The predicted octanol–water partition coefficient (Wildman–Crippen LogP) is 3.01. The van der Waals surface area contributed by atoms with Gasteiger partial charge in [-0.1, -0.05) is 18.2 Å². The van der Waals surface area contributed by atoms with Gasteiger partial charge in [-0.25, -0.2) is 0 Å². The van der Waals surface area contributed by atoms with E-state index in [-0.39, 0.29) is 0 Å². The largest absolute Gasteiger partial charge is 0.618 e. The van der Waals surface area contributed by atoms with E-state index in [4.69, 9.17) is 0 Å². The summed E-state index contributed by atoms with van der Waals surface area (Å²) in [7, 11) is 3.98. The van der Waals surface area contributed by atoms with Gasteiger partial charge in [0.1, 0.15) is 0 Å². The van der Waals surface area contributed by atoms with Gasteiger partial charge in [0.15, 0.2) is 6.21 Å². The van der Waals surface area contributed by atoms with E-state index in [1.54, 1.807) is 18.3 Å². The number of para-hydroxylation sites is 1. The molecule has 0 aliphatic heterocycles. The average molecular weight is 240 g/mol. The number of rotatable bonds is 3. The quantitative estimate of drug-likeness (QED) is 0.357. The molecule has 3 nitrogen and oxygen atoms in total. The van der Waals surface area contributed by atoms with Gasteiger partial charge in [0, 0.05) is 37.5 Å². The Morgan fingerprint density at radius 1 is 0.944 bits per heavy atom.